The van der Waals surface area contributed by atoms with Crippen LogP contribution >= 0.6 is 15.9 Å². The summed E-state index contributed by atoms with van der Waals surface area (Å²) in [7, 11) is 0. The van der Waals surface area contributed by atoms with Crippen LogP contribution in [0.2, 0.25) is 0 Å². The van der Waals surface area contributed by atoms with E-state index in [2.05, 4.69) is 21.2 Å². The highest BCUT2D eigenvalue weighted by atomic mass is 79.9. The van der Waals surface area contributed by atoms with Gasteiger partial charge >= 0.3 is 0 Å². The zero-order chi connectivity index (χ0) is 14.2. The molecule has 0 bridgehead atoms. The number of halogens is 1. The number of nitrogens with one attached hydrogen (secondary N) is 1. The number of fused-ring (bicyclic) bond motifs is 1. The van der Waals surface area contributed by atoms with Crippen molar-refractivity contribution >= 4 is 27.9 Å². The van der Waals surface area contributed by atoms with Gasteiger partial charge in [0.15, 0.2) is 0 Å². The number of carbonyl (C=O) groups excluding carboxylic acids is 1. The lowest BCUT2D eigenvalue weighted by molar-refractivity contribution is -0.120. The summed E-state index contributed by atoms with van der Waals surface area (Å²) >= 11 is 3.40. The molecule has 0 saturated heterocycles. The molecule has 0 radical (unpaired) electrons. The van der Waals surface area contributed by atoms with E-state index in [9.17, 15) is 9.90 Å². The molecule has 0 aromatic heterocycles. The van der Waals surface area contributed by atoms with E-state index in [-0.39, 0.29) is 12.5 Å². The second-order valence-corrected chi connectivity index (χ2v) is 6.32. The first-order chi connectivity index (χ1) is 9.56. The molecule has 0 unspecified atom stereocenters. The van der Waals surface area contributed by atoms with Crippen LogP contribution in [0, 0.1) is 0 Å². The monoisotopic (exact) mass is 337 g/mol. The van der Waals surface area contributed by atoms with Crippen LogP contribution in [0.1, 0.15) is 24.8 Å². The molecule has 1 fully saturated rings. The van der Waals surface area contributed by atoms with Crippen molar-refractivity contribution in [3.05, 3.63) is 33.8 Å². The molecule has 0 spiro atoms. The molecule has 2 aliphatic rings. The molecular weight excluding hydrogens is 322 g/mol. The molecule has 1 aliphatic heterocycles. The maximum absolute atomic E-state index is 12.1. The van der Waals surface area contributed by atoms with Crippen LogP contribution in [0.25, 0.3) is 6.08 Å². The summed E-state index contributed by atoms with van der Waals surface area (Å²) in [5.74, 6) is 0.610. The number of benzene rings is 1. The van der Waals surface area contributed by atoms with Crippen LogP contribution < -0.4 is 10.1 Å². The Bertz CT molecular complexity index is 578. The van der Waals surface area contributed by atoms with Gasteiger partial charge in [-0.15, -0.1) is 0 Å². The summed E-state index contributed by atoms with van der Waals surface area (Å²) in [6.07, 6.45) is 4.39. The van der Waals surface area contributed by atoms with Crippen molar-refractivity contribution in [1.82, 2.24) is 5.32 Å². The fourth-order valence-electron chi connectivity index (χ4n) is 2.40. The minimum absolute atomic E-state index is 0.170. The van der Waals surface area contributed by atoms with Gasteiger partial charge in [-0.25, -0.2) is 0 Å². The van der Waals surface area contributed by atoms with Crippen LogP contribution in [-0.4, -0.2) is 29.8 Å². The quantitative estimate of drug-likeness (QED) is 0.889. The Morgan fingerprint density at radius 3 is 2.95 bits per heavy atom. The van der Waals surface area contributed by atoms with Gasteiger partial charge < -0.3 is 15.2 Å². The molecule has 106 valence electrons. The number of hydrogen-bond acceptors (Lipinski definition) is 3. The number of aliphatic hydroxyl groups is 1. The summed E-state index contributed by atoms with van der Waals surface area (Å²) in [5, 5.41) is 12.8. The predicted octanol–water partition coefficient (Wildman–Crippen LogP) is 2.26. The van der Waals surface area contributed by atoms with Crippen molar-refractivity contribution in [1.29, 1.82) is 0 Å². The molecule has 20 heavy (non-hydrogen) atoms. The van der Waals surface area contributed by atoms with Crippen molar-refractivity contribution in [2.45, 2.75) is 24.9 Å². The van der Waals surface area contributed by atoms with Crippen LogP contribution in [0.3, 0.4) is 0 Å². The minimum Gasteiger partial charge on any atom is -0.488 e. The molecule has 1 saturated carbocycles. The van der Waals surface area contributed by atoms with Gasteiger partial charge in [0.05, 0.1) is 11.2 Å². The van der Waals surface area contributed by atoms with Gasteiger partial charge in [0, 0.05) is 16.6 Å². The Labute approximate surface area is 126 Å². The van der Waals surface area contributed by atoms with Gasteiger partial charge in [-0.1, -0.05) is 15.9 Å². The normalized spacial score (nSPS) is 19.2. The molecule has 2 N–H and O–H groups in total. The van der Waals surface area contributed by atoms with Gasteiger partial charge in [-0.05, 0) is 43.5 Å². The Balaban J connectivity index is 1.69. The van der Waals surface area contributed by atoms with E-state index in [1.807, 2.05) is 24.3 Å². The zero-order valence-corrected chi connectivity index (χ0v) is 12.6. The first-order valence-corrected chi connectivity index (χ1v) is 7.49. The van der Waals surface area contributed by atoms with Crippen LogP contribution in [-0.2, 0) is 4.79 Å². The lowest BCUT2D eigenvalue weighted by atomic mass is 9.80. The largest absolute Gasteiger partial charge is 0.488 e. The average Bonchev–Trinajstić information content (AvgIpc) is 2.41. The molecule has 1 heterocycles. The second kappa shape index (κ2) is 5.22. The number of ether oxygens (including phenoxy) is 1. The minimum atomic E-state index is -0.702. The summed E-state index contributed by atoms with van der Waals surface area (Å²) in [6, 6.07) is 5.70. The standard InChI is InChI=1S/C15H16BrNO3/c16-12-2-3-13-10(7-12)6-11(8-20-13)14(18)17-9-15(19)4-1-5-15/h2-3,6-7,19H,1,4-5,8-9H2,(H,17,18). The van der Waals surface area contributed by atoms with E-state index < -0.39 is 5.60 Å². The Morgan fingerprint density at radius 1 is 1.45 bits per heavy atom. The lowest BCUT2D eigenvalue weighted by Crippen LogP contribution is -2.48. The smallest absolute Gasteiger partial charge is 0.250 e. The van der Waals surface area contributed by atoms with Crippen molar-refractivity contribution in [2.75, 3.05) is 13.2 Å². The third-order valence-electron chi connectivity index (χ3n) is 3.84. The molecule has 3 rings (SSSR count). The van der Waals surface area contributed by atoms with E-state index in [0.29, 0.717) is 12.1 Å². The maximum Gasteiger partial charge on any atom is 0.250 e. The Morgan fingerprint density at radius 2 is 2.25 bits per heavy atom. The molecule has 5 heteroatoms. The highest BCUT2D eigenvalue weighted by Gasteiger charge is 2.34. The summed E-state index contributed by atoms with van der Waals surface area (Å²) in [5.41, 5.74) is 0.767. The molecule has 0 atom stereocenters. The molecule has 1 amide bonds. The number of hydrogen-bond donors (Lipinski definition) is 2. The molecule has 1 aromatic rings. The second-order valence-electron chi connectivity index (χ2n) is 5.40. The highest BCUT2D eigenvalue weighted by Crippen LogP contribution is 2.31. The van der Waals surface area contributed by atoms with Gasteiger partial charge in [0.25, 0.3) is 5.91 Å². The fourth-order valence-corrected chi connectivity index (χ4v) is 2.78. The van der Waals surface area contributed by atoms with E-state index in [1.54, 1.807) is 0 Å². The molecular formula is C15H16BrNO3. The van der Waals surface area contributed by atoms with Crippen LogP contribution in [0.4, 0.5) is 0 Å². The Kier molecular flexibility index (Phi) is 3.56. The predicted molar refractivity (Wildman–Crippen MR) is 79.4 cm³/mol. The maximum atomic E-state index is 12.1. The SMILES string of the molecule is O=C(NCC1(O)CCC1)C1=Cc2cc(Br)ccc2OC1. The fraction of sp³-hybridized carbons (Fsp3) is 0.400. The number of carbonyl (C=O) groups is 1. The summed E-state index contributed by atoms with van der Waals surface area (Å²) in [6.45, 7) is 0.577. The van der Waals surface area contributed by atoms with Gasteiger partial charge in [0.1, 0.15) is 12.4 Å². The third kappa shape index (κ3) is 2.74. The van der Waals surface area contributed by atoms with Gasteiger partial charge in [-0.2, -0.15) is 0 Å². The topological polar surface area (TPSA) is 58.6 Å². The van der Waals surface area contributed by atoms with Crippen LogP contribution in [0.5, 0.6) is 5.75 Å². The third-order valence-corrected chi connectivity index (χ3v) is 4.33. The van der Waals surface area contributed by atoms with E-state index in [4.69, 9.17) is 4.74 Å². The summed E-state index contributed by atoms with van der Waals surface area (Å²) in [4.78, 5) is 12.1. The van der Waals surface area contributed by atoms with E-state index in [0.717, 1.165) is 35.0 Å². The number of amides is 1. The van der Waals surface area contributed by atoms with Gasteiger partial charge in [0.2, 0.25) is 0 Å². The Hall–Kier alpha value is -1.33. The van der Waals surface area contributed by atoms with Crippen molar-refractivity contribution < 1.29 is 14.6 Å². The summed E-state index contributed by atoms with van der Waals surface area (Å²) < 4.78 is 6.52. The molecule has 1 aromatic carbocycles. The average molecular weight is 338 g/mol. The van der Waals surface area contributed by atoms with E-state index >= 15 is 0 Å². The first-order valence-electron chi connectivity index (χ1n) is 6.69. The van der Waals surface area contributed by atoms with Gasteiger partial charge in [-0.3, -0.25) is 4.79 Å². The van der Waals surface area contributed by atoms with Crippen molar-refractivity contribution in [3.8, 4) is 5.75 Å². The highest BCUT2D eigenvalue weighted by molar-refractivity contribution is 9.10. The molecule has 1 aliphatic carbocycles. The van der Waals surface area contributed by atoms with Crippen molar-refractivity contribution in [3.63, 3.8) is 0 Å². The zero-order valence-electron chi connectivity index (χ0n) is 11.0. The lowest BCUT2D eigenvalue weighted by Gasteiger charge is -2.36. The van der Waals surface area contributed by atoms with E-state index in [1.165, 1.54) is 0 Å². The van der Waals surface area contributed by atoms with Crippen molar-refractivity contribution in [2.24, 2.45) is 0 Å². The first kappa shape index (κ1) is 13.6. The molecule has 4 nitrogen and oxygen atoms in total. The number of rotatable bonds is 3. The van der Waals surface area contributed by atoms with Crippen LogP contribution in [0.15, 0.2) is 28.2 Å².